The predicted molar refractivity (Wildman–Crippen MR) is 110 cm³/mol. The number of alkyl halides is 3. The van der Waals surface area contributed by atoms with Gasteiger partial charge in [0.25, 0.3) is 11.5 Å². The Bertz CT molecular complexity index is 1050. The number of carbonyl (C=O) groups is 1. The summed E-state index contributed by atoms with van der Waals surface area (Å²) in [5.74, 6) is -0.264. The molecule has 2 aliphatic rings. The van der Waals surface area contributed by atoms with Crippen molar-refractivity contribution in [3.8, 4) is 0 Å². The number of hydrogen-bond acceptors (Lipinski definition) is 4. The quantitative estimate of drug-likeness (QED) is 0.679. The van der Waals surface area contributed by atoms with Crippen molar-refractivity contribution >= 4 is 34.8 Å². The number of hydrogen-bond donors (Lipinski definition) is 1. The van der Waals surface area contributed by atoms with Gasteiger partial charge in [-0.2, -0.15) is 13.2 Å². The highest BCUT2D eigenvalue weighted by Crippen LogP contribution is 2.49. The summed E-state index contributed by atoms with van der Waals surface area (Å²) >= 11 is 11.8. The normalized spacial score (nSPS) is 21.3. The fourth-order valence-corrected chi connectivity index (χ4v) is 4.05. The molecule has 0 spiro atoms. The first-order valence-electron chi connectivity index (χ1n) is 9.37. The molecule has 0 bridgehead atoms. The second-order valence-corrected chi connectivity index (χ2v) is 8.40. The van der Waals surface area contributed by atoms with Crippen LogP contribution in [0.2, 0.25) is 10.0 Å². The molecular weight excluding hydrogens is 456 g/mol. The Balaban J connectivity index is 1.61. The zero-order valence-electron chi connectivity index (χ0n) is 16.2. The molecule has 0 unspecified atom stereocenters. The van der Waals surface area contributed by atoms with Crippen LogP contribution in [0.15, 0.2) is 41.6 Å². The van der Waals surface area contributed by atoms with E-state index >= 15 is 0 Å². The molecule has 2 aromatic carbocycles. The van der Waals surface area contributed by atoms with Crippen molar-refractivity contribution < 1.29 is 27.5 Å². The molecule has 2 heterocycles. The molecule has 0 saturated carbocycles. The monoisotopic (exact) mass is 472 g/mol. The van der Waals surface area contributed by atoms with Crippen LogP contribution in [0.5, 0.6) is 0 Å². The number of halogens is 5. The summed E-state index contributed by atoms with van der Waals surface area (Å²) in [5, 5.41) is 6.70. The van der Waals surface area contributed by atoms with Gasteiger partial charge in [-0.1, -0.05) is 34.4 Å². The molecule has 1 N–H and O–H groups in total. The van der Waals surface area contributed by atoms with Gasteiger partial charge in [-0.3, -0.25) is 4.79 Å². The van der Waals surface area contributed by atoms with Crippen molar-refractivity contribution in [1.29, 1.82) is 0 Å². The van der Waals surface area contributed by atoms with Gasteiger partial charge in [0, 0.05) is 27.6 Å². The molecule has 10 heteroatoms. The average Bonchev–Trinajstić information content (AvgIpc) is 3.10. The number of aryl methyl sites for hydroxylation is 1. The SMILES string of the molecule is Cc1cc(C2=NO[C@@](c3cc(Cl)cc(Cl)c3)(C(F)(F)F)C2)ccc1C(=O)NC1COC1. The lowest BCUT2D eigenvalue weighted by Gasteiger charge is -2.29. The first-order valence-corrected chi connectivity index (χ1v) is 10.1. The molecule has 164 valence electrons. The summed E-state index contributed by atoms with van der Waals surface area (Å²) < 4.78 is 47.4. The van der Waals surface area contributed by atoms with Crippen LogP contribution in [0.4, 0.5) is 13.2 Å². The highest BCUT2D eigenvalue weighted by Gasteiger charge is 2.62. The summed E-state index contributed by atoms with van der Waals surface area (Å²) in [4.78, 5) is 17.4. The zero-order chi connectivity index (χ0) is 22.4. The molecule has 1 fully saturated rings. The number of carbonyl (C=O) groups excluding carboxylic acids is 1. The molecule has 5 nitrogen and oxygen atoms in total. The van der Waals surface area contributed by atoms with Crippen LogP contribution in [0.3, 0.4) is 0 Å². The van der Waals surface area contributed by atoms with Gasteiger partial charge in [-0.25, -0.2) is 0 Å². The van der Waals surface area contributed by atoms with Crippen LogP contribution in [-0.4, -0.2) is 37.1 Å². The van der Waals surface area contributed by atoms with Gasteiger partial charge in [-0.15, -0.1) is 0 Å². The van der Waals surface area contributed by atoms with E-state index < -0.39 is 18.2 Å². The Labute approximate surface area is 186 Å². The van der Waals surface area contributed by atoms with Crippen molar-refractivity contribution in [2.45, 2.75) is 31.2 Å². The number of nitrogens with zero attached hydrogens (tertiary/aromatic N) is 1. The zero-order valence-corrected chi connectivity index (χ0v) is 17.7. The van der Waals surface area contributed by atoms with Gasteiger partial charge in [-0.05, 0) is 48.4 Å². The fraction of sp³-hybridized carbons (Fsp3) is 0.333. The summed E-state index contributed by atoms with van der Waals surface area (Å²) in [5.41, 5.74) is -1.36. The van der Waals surface area contributed by atoms with Crippen LogP contribution in [0.25, 0.3) is 0 Å². The smallest absolute Gasteiger partial charge is 0.377 e. The molecule has 2 aliphatic heterocycles. The minimum atomic E-state index is -4.77. The van der Waals surface area contributed by atoms with Gasteiger partial charge in [0.1, 0.15) is 0 Å². The Morgan fingerprint density at radius 3 is 2.39 bits per heavy atom. The van der Waals surface area contributed by atoms with E-state index in [9.17, 15) is 18.0 Å². The van der Waals surface area contributed by atoms with E-state index in [0.717, 1.165) is 0 Å². The van der Waals surface area contributed by atoms with Crippen molar-refractivity contribution in [1.82, 2.24) is 5.32 Å². The van der Waals surface area contributed by atoms with Crippen LogP contribution in [0, 0.1) is 6.92 Å². The third-order valence-corrected chi connectivity index (χ3v) is 5.73. The van der Waals surface area contributed by atoms with Gasteiger partial charge < -0.3 is 14.9 Å². The second kappa shape index (κ2) is 8.00. The van der Waals surface area contributed by atoms with Crippen LogP contribution >= 0.6 is 23.2 Å². The number of ether oxygens (including phenoxy) is 1. The van der Waals surface area contributed by atoms with E-state index in [1.54, 1.807) is 25.1 Å². The van der Waals surface area contributed by atoms with Crippen molar-refractivity contribution in [3.63, 3.8) is 0 Å². The number of benzene rings is 2. The van der Waals surface area contributed by atoms with Crippen molar-refractivity contribution in [2.24, 2.45) is 5.16 Å². The van der Waals surface area contributed by atoms with Crippen LogP contribution < -0.4 is 5.32 Å². The molecule has 0 aromatic heterocycles. The molecule has 0 aliphatic carbocycles. The topological polar surface area (TPSA) is 59.9 Å². The van der Waals surface area contributed by atoms with E-state index in [0.29, 0.717) is 29.9 Å². The second-order valence-electron chi connectivity index (χ2n) is 7.53. The Kier molecular flexibility index (Phi) is 5.66. The predicted octanol–water partition coefficient (Wildman–Crippen LogP) is 5.01. The molecule has 2 aromatic rings. The van der Waals surface area contributed by atoms with Crippen LogP contribution in [-0.2, 0) is 15.2 Å². The lowest BCUT2D eigenvalue weighted by Crippen LogP contribution is -2.48. The summed E-state index contributed by atoms with van der Waals surface area (Å²) in [7, 11) is 0. The molecule has 0 radical (unpaired) electrons. The van der Waals surface area contributed by atoms with Gasteiger partial charge >= 0.3 is 6.18 Å². The number of rotatable bonds is 4. The summed E-state index contributed by atoms with van der Waals surface area (Å²) in [6.45, 7) is 2.63. The number of oxime groups is 1. The molecule has 1 atom stereocenters. The molecule has 4 rings (SSSR count). The largest absolute Gasteiger partial charge is 0.435 e. The van der Waals surface area contributed by atoms with Crippen molar-refractivity contribution in [3.05, 3.63) is 68.7 Å². The fourth-order valence-electron chi connectivity index (χ4n) is 3.53. The third kappa shape index (κ3) is 4.12. The Hall–Kier alpha value is -2.29. The lowest BCUT2D eigenvalue weighted by molar-refractivity contribution is -0.275. The van der Waals surface area contributed by atoms with Crippen LogP contribution in [0.1, 0.15) is 33.5 Å². The molecule has 1 saturated heterocycles. The maximum absolute atomic E-state index is 14.1. The van der Waals surface area contributed by atoms with E-state index in [-0.39, 0.29) is 33.3 Å². The highest BCUT2D eigenvalue weighted by molar-refractivity contribution is 6.34. The first-order chi connectivity index (χ1) is 14.6. The Morgan fingerprint density at radius 2 is 1.84 bits per heavy atom. The maximum atomic E-state index is 14.1. The minimum absolute atomic E-state index is 0.0314. The first kappa shape index (κ1) is 21.9. The molecule has 1 amide bonds. The van der Waals surface area contributed by atoms with Gasteiger partial charge in [0.05, 0.1) is 25.0 Å². The molecule has 31 heavy (non-hydrogen) atoms. The average molecular weight is 473 g/mol. The Morgan fingerprint density at radius 1 is 1.16 bits per heavy atom. The number of amides is 1. The van der Waals surface area contributed by atoms with E-state index in [4.69, 9.17) is 32.8 Å². The molecular formula is C21H17Cl2F3N2O3. The van der Waals surface area contributed by atoms with Gasteiger partial charge in [0.15, 0.2) is 0 Å². The highest BCUT2D eigenvalue weighted by atomic mass is 35.5. The van der Waals surface area contributed by atoms with Crippen molar-refractivity contribution in [2.75, 3.05) is 13.2 Å². The summed E-state index contributed by atoms with van der Waals surface area (Å²) in [6, 6.07) is 8.38. The summed E-state index contributed by atoms with van der Waals surface area (Å²) in [6.07, 6.45) is -5.33. The van der Waals surface area contributed by atoms with E-state index in [1.807, 2.05) is 0 Å². The van der Waals surface area contributed by atoms with E-state index in [1.165, 1.54) is 18.2 Å². The standard InChI is InChI=1S/C21H17Cl2F3N2O3/c1-11-4-12(2-3-17(11)19(29)27-16-9-30-10-16)18-8-20(31-28-18,21(24,25)26)13-5-14(22)7-15(23)6-13/h2-7,16H,8-10H2,1H3,(H,27,29)/t20-/m0/s1. The minimum Gasteiger partial charge on any atom is -0.377 e. The lowest BCUT2D eigenvalue weighted by atomic mass is 9.86. The van der Waals surface area contributed by atoms with E-state index in [2.05, 4.69) is 10.5 Å². The number of nitrogens with one attached hydrogen (secondary N) is 1. The third-order valence-electron chi connectivity index (χ3n) is 5.29. The maximum Gasteiger partial charge on any atom is 0.435 e. The van der Waals surface area contributed by atoms with Gasteiger partial charge in [0.2, 0.25) is 0 Å².